The molecule has 1 nitrogen and oxygen atoms in total. The van der Waals surface area contributed by atoms with Crippen LogP contribution >= 0.6 is 0 Å². The smallest absolute Gasteiger partial charge is 0.0746 e. The van der Waals surface area contributed by atoms with Gasteiger partial charge in [-0.1, -0.05) is 212 Å². The second-order valence-corrected chi connectivity index (χ2v) is 18.3. The van der Waals surface area contributed by atoms with Crippen molar-refractivity contribution < 1.29 is 0 Å². The van der Waals surface area contributed by atoms with Gasteiger partial charge in [-0.3, -0.25) is 0 Å². The SMILES string of the molecule is c1ccc(-c2cc(-c3ccccc3)cc(-c3ccc(N(c4ccc5c6ccccc6c6ccccc6c5c4)c4cccc5c4C4(c6ccccc6-c6ccccc64)c4ccccc4-5)cc3)c2)cc1. The van der Waals surface area contributed by atoms with Gasteiger partial charge in [-0.15, -0.1) is 0 Å². The van der Waals surface area contributed by atoms with Crippen molar-refractivity contribution in [1.29, 1.82) is 0 Å². The lowest BCUT2D eigenvalue weighted by molar-refractivity contribution is 0.793. The predicted octanol–water partition coefficient (Wildman–Crippen LogP) is 18.0. The molecule has 2 aliphatic rings. The second kappa shape index (κ2) is 15.1. The van der Waals surface area contributed by atoms with Gasteiger partial charge in [0.05, 0.1) is 11.1 Å². The molecule has 0 aromatic heterocycles. The normalized spacial score (nSPS) is 12.8. The molecule has 12 aromatic carbocycles. The van der Waals surface area contributed by atoms with Crippen molar-refractivity contribution in [2.45, 2.75) is 5.41 Å². The van der Waals surface area contributed by atoms with Crippen LogP contribution in [0.25, 0.3) is 88.0 Å². The Labute approximate surface area is 396 Å². The summed E-state index contributed by atoms with van der Waals surface area (Å²) in [5, 5.41) is 7.57. The van der Waals surface area contributed by atoms with Crippen LogP contribution in [0.5, 0.6) is 0 Å². The van der Waals surface area contributed by atoms with Gasteiger partial charge < -0.3 is 4.90 Å². The summed E-state index contributed by atoms with van der Waals surface area (Å²) in [6.07, 6.45) is 0. The lowest BCUT2D eigenvalue weighted by Gasteiger charge is -2.36. The molecule has 1 heteroatoms. The maximum absolute atomic E-state index is 2.54. The van der Waals surface area contributed by atoms with Crippen LogP contribution in [0.1, 0.15) is 22.3 Å². The van der Waals surface area contributed by atoms with E-state index in [9.17, 15) is 0 Å². The van der Waals surface area contributed by atoms with E-state index in [2.05, 4.69) is 266 Å². The van der Waals surface area contributed by atoms with Gasteiger partial charge in [0.25, 0.3) is 0 Å². The molecule has 0 fully saturated rings. The largest absolute Gasteiger partial charge is 0.310 e. The third-order valence-corrected chi connectivity index (χ3v) is 14.8. The monoisotopic (exact) mass is 861 g/mol. The summed E-state index contributed by atoms with van der Waals surface area (Å²) in [5.74, 6) is 0. The highest BCUT2D eigenvalue weighted by Gasteiger charge is 2.53. The molecule has 0 heterocycles. The Morgan fingerprint density at radius 3 is 1.13 bits per heavy atom. The van der Waals surface area contributed by atoms with Crippen molar-refractivity contribution in [2.75, 3.05) is 4.90 Å². The number of anilines is 3. The first-order valence-corrected chi connectivity index (χ1v) is 23.7. The number of benzene rings is 12. The molecule has 0 atom stereocenters. The van der Waals surface area contributed by atoms with E-state index >= 15 is 0 Å². The fourth-order valence-corrected chi connectivity index (χ4v) is 12.0. The van der Waals surface area contributed by atoms with Crippen molar-refractivity contribution in [3.8, 4) is 55.6 Å². The number of nitrogens with zero attached hydrogens (tertiary/aromatic N) is 1. The van der Waals surface area contributed by atoms with Crippen LogP contribution in [-0.4, -0.2) is 0 Å². The Kier molecular flexibility index (Phi) is 8.57. The fraction of sp³-hybridized carbons (Fsp3) is 0.0149. The van der Waals surface area contributed by atoms with Gasteiger partial charge in [0.2, 0.25) is 0 Å². The summed E-state index contributed by atoms with van der Waals surface area (Å²) in [7, 11) is 0. The summed E-state index contributed by atoms with van der Waals surface area (Å²) in [5.41, 5.74) is 20.5. The third-order valence-electron chi connectivity index (χ3n) is 14.8. The highest BCUT2D eigenvalue weighted by atomic mass is 15.1. The topological polar surface area (TPSA) is 3.24 Å². The Hall–Kier alpha value is -8.78. The summed E-state index contributed by atoms with van der Waals surface area (Å²) in [6.45, 7) is 0. The van der Waals surface area contributed by atoms with Gasteiger partial charge >= 0.3 is 0 Å². The Morgan fingerprint density at radius 2 is 0.618 bits per heavy atom. The third kappa shape index (κ3) is 5.63. The molecule has 0 amide bonds. The first kappa shape index (κ1) is 38.5. The van der Waals surface area contributed by atoms with Gasteiger partial charge in [-0.05, 0) is 153 Å². The van der Waals surface area contributed by atoms with E-state index < -0.39 is 5.41 Å². The summed E-state index contributed by atoms with van der Waals surface area (Å²) in [6, 6.07) is 97.0. The average Bonchev–Trinajstić information content (AvgIpc) is 3.89. The van der Waals surface area contributed by atoms with Gasteiger partial charge in [0, 0.05) is 16.9 Å². The van der Waals surface area contributed by atoms with Gasteiger partial charge in [0.15, 0.2) is 0 Å². The van der Waals surface area contributed by atoms with Gasteiger partial charge in [-0.2, -0.15) is 0 Å². The van der Waals surface area contributed by atoms with E-state index in [-0.39, 0.29) is 0 Å². The molecule has 0 radical (unpaired) electrons. The lowest BCUT2D eigenvalue weighted by Crippen LogP contribution is -2.28. The molecule has 0 saturated carbocycles. The summed E-state index contributed by atoms with van der Waals surface area (Å²) in [4.78, 5) is 2.54. The molecular weight excluding hydrogens is 819 g/mol. The maximum atomic E-state index is 2.54. The first-order valence-electron chi connectivity index (χ1n) is 23.7. The van der Waals surface area contributed by atoms with E-state index in [4.69, 9.17) is 0 Å². The van der Waals surface area contributed by atoms with Crippen LogP contribution in [0.15, 0.2) is 261 Å². The van der Waals surface area contributed by atoms with Crippen LogP contribution in [-0.2, 0) is 5.41 Å². The fourth-order valence-electron chi connectivity index (χ4n) is 12.0. The molecule has 316 valence electrons. The molecule has 68 heavy (non-hydrogen) atoms. The standard InChI is InChI=1S/C67H43N/c1-3-18-44(19-4-1)47-40-48(45-20-5-2-6-21-45)42-49(41-47)46-34-36-50(37-35-46)68(51-38-39-56-54-24-8-7-22-52(54)53-23-9-10-25-55(53)61(56)43-51)65-33-17-29-60-59-28-13-16-32-64(59)67(66(60)65)62-30-14-11-26-57(62)58-27-12-15-31-63(58)67/h1-43H. The van der Waals surface area contributed by atoms with Crippen molar-refractivity contribution in [3.05, 3.63) is 283 Å². The van der Waals surface area contributed by atoms with Crippen LogP contribution in [0.3, 0.4) is 0 Å². The number of rotatable bonds is 6. The highest BCUT2D eigenvalue weighted by Crippen LogP contribution is 2.65. The van der Waals surface area contributed by atoms with E-state index in [1.807, 2.05) is 0 Å². The Balaban J connectivity index is 1.03. The average molecular weight is 862 g/mol. The summed E-state index contributed by atoms with van der Waals surface area (Å²) >= 11 is 0. The molecule has 12 aromatic rings. The Bertz CT molecular complexity index is 3800. The first-order chi connectivity index (χ1) is 33.7. The zero-order valence-electron chi connectivity index (χ0n) is 37.3. The molecule has 0 bridgehead atoms. The molecule has 0 saturated heterocycles. The number of hydrogen-bond acceptors (Lipinski definition) is 1. The van der Waals surface area contributed by atoms with Crippen molar-refractivity contribution >= 4 is 49.4 Å². The molecular formula is C67H43N. The molecule has 0 N–H and O–H groups in total. The van der Waals surface area contributed by atoms with E-state index in [0.29, 0.717) is 0 Å². The van der Waals surface area contributed by atoms with Crippen LogP contribution < -0.4 is 4.90 Å². The molecule has 0 aliphatic heterocycles. The molecule has 2 aliphatic carbocycles. The van der Waals surface area contributed by atoms with Gasteiger partial charge in [-0.25, -0.2) is 0 Å². The minimum absolute atomic E-state index is 0.528. The second-order valence-electron chi connectivity index (χ2n) is 18.3. The lowest BCUT2D eigenvalue weighted by atomic mass is 9.70. The number of hydrogen-bond donors (Lipinski definition) is 0. The van der Waals surface area contributed by atoms with E-state index in [1.165, 1.54) is 116 Å². The predicted molar refractivity (Wildman–Crippen MR) is 286 cm³/mol. The minimum Gasteiger partial charge on any atom is -0.310 e. The van der Waals surface area contributed by atoms with Crippen molar-refractivity contribution in [2.24, 2.45) is 0 Å². The highest BCUT2D eigenvalue weighted by molar-refractivity contribution is 6.26. The van der Waals surface area contributed by atoms with Crippen LogP contribution in [0.4, 0.5) is 17.1 Å². The van der Waals surface area contributed by atoms with Crippen LogP contribution in [0, 0.1) is 0 Å². The van der Waals surface area contributed by atoms with Crippen molar-refractivity contribution in [1.82, 2.24) is 0 Å². The van der Waals surface area contributed by atoms with Crippen molar-refractivity contribution in [3.63, 3.8) is 0 Å². The molecule has 1 spiro atoms. The molecule has 14 rings (SSSR count). The van der Waals surface area contributed by atoms with Crippen LogP contribution in [0.2, 0.25) is 0 Å². The quantitative estimate of drug-likeness (QED) is 0.151. The summed E-state index contributed by atoms with van der Waals surface area (Å²) < 4.78 is 0. The van der Waals surface area contributed by atoms with Gasteiger partial charge in [0.1, 0.15) is 0 Å². The molecule has 0 unspecified atom stereocenters. The van der Waals surface area contributed by atoms with E-state index in [0.717, 1.165) is 11.4 Å². The van der Waals surface area contributed by atoms with E-state index in [1.54, 1.807) is 0 Å². The number of fused-ring (bicyclic) bond motifs is 16. The zero-order valence-corrected chi connectivity index (χ0v) is 37.3. The Morgan fingerprint density at radius 1 is 0.235 bits per heavy atom. The zero-order chi connectivity index (χ0) is 44.8. The maximum Gasteiger partial charge on any atom is 0.0746 e. The minimum atomic E-state index is -0.528.